The third-order valence-corrected chi connectivity index (χ3v) is 3.40. The van der Waals surface area contributed by atoms with Gasteiger partial charge in [0.15, 0.2) is 0 Å². The van der Waals surface area contributed by atoms with Crippen molar-refractivity contribution in [2.75, 3.05) is 0 Å². The van der Waals surface area contributed by atoms with E-state index in [9.17, 15) is 0 Å². The fourth-order valence-electron chi connectivity index (χ4n) is 1.49. The smallest absolute Gasteiger partial charge is 0.107 e. The number of hydrogen-bond donors (Lipinski definition) is 1. The maximum absolute atomic E-state index is 4.42. The second-order valence-corrected chi connectivity index (χ2v) is 4.71. The van der Waals surface area contributed by atoms with E-state index >= 15 is 0 Å². The number of nitrogens with one attached hydrogen (secondary N) is 1. The number of aryl methyl sites for hydroxylation is 1. The summed E-state index contributed by atoms with van der Waals surface area (Å²) in [5.41, 5.74) is 2.35. The summed E-state index contributed by atoms with van der Waals surface area (Å²) in [5.74, 6) is 0. The summed E-state index contributed by atoms with van der Waals surface area (Å²) in [7, 11) is 0. The van der Waals surface area contributed by atoms with E-state index in [-0.39, 0.29) is 0 Å². The number of nitrogens with zero attached hydrogens (tertiary/aromatic N) is 2. The predicted octanol–water partition coefficient (Wildman–Crippen LogP) is 2.70. The molecule has 0 aromatic carbocycles. The average Bonchev–Trinajstić information content (AvgIpc) is 2.73. The molecule has 0 amide bonds. The fourth-order valence-corrected chi connectivity index (χ4v) is 2.22. The van der Waals surface area contributed by atoms with Gasteiger partial charge in [-0.3, -0.25) is 4.98 Å². The van der Waals surface area contributed by atoms with E-state index in [4.69, 9.17) is 0 Å². The van der Waals surface area contributed by atoms with Gasteiger partial charge in [-0.25, -0.2) is 4.98 Å². The van der Waals surface area contributed by atoms with E-state index in [1.807, 2.05) is 31.5 Å². The van der Waals surface area contributed by atoms with Crippen LogP contribution in [0.15, 0.2) is 29.9 Å². The highest BCUT2D eigenvalue weighted by Gasteiger charge is 2.05. The van der Waals surface area contributed by atoms with E-state index < -0.39 is 0 Å². The number of aromatic nitrogens is 2. The molecule has 2 aromatic heterocycles. The molecule has 0 saturated heterocycles. The van der Waals surface area contributed by atoms with Gasteiger partial charge in [0.1, 0.15) is 5.01 Å². The van der Waals surface area contributed by atoms with Crippen LogP contribution < -0.4 is 5.32 Å². The highest BCUT2D eigenvalue weighted by Crippen LogP contribution is 2.13. The van der Waals surface area contributed by atoms with Crippen molar-refractivity contribution < 1.29 is 0 Å². The summed E-state index contributed by atoms with van der Waals surface area (Å²) in [6.07, 6.45) is 3.64. The monoisotopic (exact) mass is 233 g/mol. The molecule has 2 rings (SSSR count). The van der Waals surface area contributed by atoms with Crippen molar-refractivity contribution in [3.63, 3.8) is 0 Å². The van der Waals surface area contributed by atoms with Gasteiger partial charge in [0, 0.05) is 36.1 Å². The Hall–Kier alpha value is -1.26. The molecule has 0 radical (unpaired) electrons. The maximum atomic E-state index is 4.42. The third kappa shape index (κ3) is 2.87. The number of hydrogen-bond acceptors (Lipinski definition) is 4. The van der Waals surface area contributed by atoms with Gasteiger partial charge in [0.05, 0.1) is 0 Å². The van der Waals surface area contributed by atoms with Gasteiger partial charge in [-0.2, -0.15) is 0 Å². The van der Waals surface area contributed by atoms with Crippen molar-refractivity contribution >= 4 is 11.3 Å². The van der Waals surface area contributed by atoms with Crippen LogP contribution in [0.25, 0.3) is 0 Å². The van der Waals surface area contributed by atoms with Crippen molar-refractivity contribution in [2.24, 2.45) is 0 Å². The molecule has 0 fully saturated rings. The molecule has 1 N–H and O–H groups in total. The first-order chi connectivity index (χ1) is 7.75. The topological polar surface area (TPSA) is 37.8 Å². The van der Waals surface area contributed by atoms with Gasteiger partial charge in [-0.15, -0.1) is 11.3 Å². The molecular weight excluding hydrogens is 218 g/mol. The summed E-state index contributed by atoms with van der Waals surface area (Å²) in [6.45, 7) is 4.99. The van der Waals surface area contributed by atoms with Gasteiger partial charge < -0.3 is 5.32 Å². The van der Waals surface area contributed by atoms with E-state index in [0.717, 1.165) is 17.2 Å². The molecule has 0 spiro atoms. The Morgan fingerprint density at radius 2 is 2.12 bits per heavy atom. The van der Waals surface area contributed by atoms with Crippen LogP contribution in [-0.2, 0) is 6.54 Å². The molecule has 1 unspecified atom stereocenters. The zero-order valence-corrected chi connectivity index (χ0v) is 10.3. The first-order valence-electron chi connectivity index (χ1n) is 5.30. The van der Waals surface area contributed by atoms with Crippen LogP contribution in [0, 0.1) is 6.92 Å². The highest BCUT2D eigenvalue weighted by molar-refractivity contribution is 7.09. The molecule has 0 aliphatic carbocycles. The van der Waals surface area contributed by atoms with Crippen molar-refractivity contribution in [1.29, 1.82) is 0 Å². The maximum Gasteiger partial charge on any atom is 0.107 e. The first-order valence-corrected chi connectivity index (χ1v) is 6.18. The number of pyridine rings is 1. The summed E-state index contributed by atoms with van der Waals surface area (Å²) in [4.78, 5) is 8.43. The quantitative estimate of drug-likeness (QED) is 0.882. The summed E-state index contributed by atoms with van der Waals surface area (Å²) in [5, 5.41) is 6.66. The van der Waals surface area contributed by atoms with Gasteiger partial charge in [0.25, 0.3) is 0 Å². The molecule has 1 atom stereocenters. The first kappa shape index (κ1) is 11.2. The molecule has 0 aliphatic rings. The molecule has 3 nitrogen and oxygen atoms in total. The van der Waals surface area contributed by atoms with Crippen LogP contribution in [-0.4, -0.2) is 9.97 Å². The number of rotatable bonds is 4. The Labute approximate surface area is 99.6 Å². The zero-order valence-electron chi connectivity index (χ0n) is 9.47. The Morgan fingerprint density at radius 3 is 2.75 bits per heavy atom. The molecule has 2 heterocycles. The zero-order chi connectivity index (χ0) is 11.4. The largest absolute Gasteiger partial charge is 0.304 e. The van der Waals surface area contributed by atoms with Crippen LogP contribution >= 0.6 is 11.3 Å². The van der Waals surface area contributed by atoms with Gasteiger partial charge in [0.2, 0.25) is 0 Å². The van der Waals surface area contributed by atoms with Crippen LogP contribution in [0.3, 0.4) is 0 Å². The van der Waals surface area contributed by atoms with Crippen LogP contribution in [0.1, 0.15) is 29.2 Å². The summed E-state index contributed by atoms with van der Waals surface area (Å²) in [6, 6.07) is 4.39. The van der Waals surface area contributed by atoms with E-state index in [0.29, 0.717) is 6.04 Å². The van der Waals surface area contributed by atoms with Gasteiger partial charge in [-0.05, 0) is 31.5 Å². The van der Waals surface area contributed by atoms with E-state index in [1.165, 1.54) is 5.56 Å². The van der Waals surface area contributed by atoms with Crippen molar-refractivity contribution in [3.05, 3.63) is 46.2 Å². The standard InChI is InChI=1S/C12H15N3S/c1-9-8-16-12(15-9)7-14-10(2)11-3-5-13-6-4-11/h3-6,8,10,14H,7H2,1-2H3. The Balaban J connectivity index is 1.91. The lowest BCUT2D eigenvalue weighted by molar-refractivity contribution is 0.572. The Kier molecular flexibility index (Phi) is 3.64. The Morgan fingerprint density at radius 1 is 1.38 bits per heavy atom. The number of thiazole rings is 1. The van der Waals surface area contributed by atoms with Crippen molar-refractivity contribution in [3.8, 4) is 0 Å². The van der Waals surface area contributed by atoms with Crippen molar-refractivity contribution in [1.82, 2.24) is 15.3 Å². The third-order valence-electron chi connectivity index (χ3n) is 2.43. The van der Waals surface area contributed by atoms with Crippen LogP contribution in [0.2, 0.25) is 0 Å². The van der Waals surface area contributed by atoms with E-state index in [1.54, 1.807) is 11.3 Å². The van der Waals surface area contributed by atoms with Crippen molar-refractivity contribution in [2.45, 2.75) is 26.4 Å². The summed E-state index contributed by atoms with van der Waals surface area (Å²) < 4.78 is 0. The molecule has 0 saturated carbocycles. The predicted molar refractivity (Wildman–Crippen MR) is 66.3 cm³/mol. The minimum absolute atomic E-state index is 0.326. The van der Waals surface area contributed by atoms with Crippen LogP contribution in [0.4, 0.5) is 0 Å². The molecular formula is C12H15N3S. The highest BCUT2D eigenvalue weighted by atomic mass is 32.1. The van der Waals surface area contributed by atoms with Gasteiger partial charge in [-0.1, -0.05) is 0 Å². The SMILES string of the molecule is Cc1csc(CNC(C)c2ccncc2)n1. The Bertz CT molecular complexity index is 439. The molecule has 2 aromatic rings. The molecule has 4 heteroatoms. The normalized spacial score (nSPS) is 12.6. The van der Waals surface area contributed by atoms with E-state index in [2.05, 4.69) is 27.6 Å². The lowest BCUT2D eigenvalue weighted by Gasteiger charge is -2.12. The molecule has 0 aliphatic heterocycles. The summed E-state index contributed by atoms with van der Waals surface area (Å²) >= 11 is 1.70. The second-order valence-electron chi connectivity index (χ2n) is 3.77. The van der Waals surface area contributed by atoms with Gasteiger partial charge >= 0.3 is 0 Å². The molecule has 16 heavy (non-hydrogen) atoms. The fraction of sp³-hybridized carbons (Fsp3) is 0.333. The average molecular weight is 233 g/mol. The van der Waals surface area contributed by atoms with Crippen LogP contribution in [0.5, 0.6) is 0 Å². The molecule has 0 bridgehead atoms. The lowest BCUT2D eigenvalue weighted by atomic mass is 10.1. The second kappa shape index (κ2) is 5.18. The molecule has 84 valence electrons. The lowest BCUT2D eigenvalue weighted by Crippen LogP contribution is -2.17. The minimum atomic E-state index is 0.326. The minimum Gasteiger partial charge on any atom is -0.304 e.